The fraction of sp³-hybridized carbons (Fsp3) is 0.972. The third kappa shape index (κ3) is 24.1. The SMILES string of the molecule is COCCOCCOCCOCC(O)CN(CCC[Si](O[Si](C)(C)C)(O[Si](C)(C)C)O[Si](C)(C)C)CCNC(=O)[C@H](O)[C@@H](O)[C@H](O[C@@H]1O[C@H](CO)[C@@H](O)[C@H](O)[C@H]1O)[C@H](O)CO. The molecule has 0 saturated carbocycles. The number of rotatable bonds is 34. The van der Waals surface area contributed by atoms with Crippen LogP contribution in [0, 0.1) is 0 Å². The minimum atomic E-state index is -3.19. The molecule has 1 fully saturated rings. The fourth-order valence-electron chi connectivity index (χ4n) is 6.19. The van der Waals surface area contributed by atoms with E-state index in [4.69, 9.17) is 40.8 Å². The van der Waals surface area contributed by atoms with E-state index in [1.165, 1.54) is 0 Å². The minimum absolute atomic E-state index is 0.000620. The number of amides is 1. The molecule has 0 bridgehead atoms. The van der Waals surface area contributed by atoms with Crippen molar-refractivity contribution in [3.8, 4) is 0 Å². The maximum atomic E-state index is 13.2. The smallest absolute Gasteiger partial charge is 0.417 e. The average molecular weight is 957 g/mol. The van der Waals surface area contributed by atoms with Gasteiger partial charge in [0.15, 0.2) is 37.3 Å². The van der Waals surface area contributed by atoms with Crippen molar-refractivity contribution in [2.24, 2.45) is 0 Å². The van der Waals surface area contributed by atoms with Gasteiger partial charge in [0.1, 0.15) is 42.7 Å². The van der Waals surface area contributed by atoms with E-state index in [0.29, 0.717) is 52.0 Å². The zero-order chi connectivity index (χ0) is 46.6. The number of ether oxygens (including phenoxy) is 6. The number of aliphatic hydroxyl groups excluding tert-OH is 9. The highest BCUT2D eigenvalue weighted by atomic mass is 28.5. The van der Waals surface area contributed by atoms with Gasteiger partial charge in [-0.1, -0.05) is 0 Å². The van der Waals surface area contributed by atoms with E-state index < -0.39 is 114 Å². The van der Waals surface area contributed by atoms with Crippen molar-refractivity contribution in [1.82, 2.24) is 10.2 Å². The number of carbonyl (C=O) groups excluding carboxylic acids is 1. The van der Waals surface area contributed by atoms with E-state index in [1.807, 2.05) is 4.90 Å². The number of methoxy groups -OCH3 is 1. The summed E-state index contributed by atoms with van der Waals surface area (Å²) in [6.07, 6.45) is -17.4. The van der Waals surface area contributed by atoms with Gasteiger partial charge in [0, 0.05) is 32.8 Å². The molecule has 10 atom stereocenters. The molecule has 0 aromatic carbocycles. The van der Waals surface area contributed by atoms with Crippen LogP contribution in [-0.4, -0.2) is 244 Å². The van der Waals surface area contributed by atoms with Gasteiger partial charge in [-0.2, -0.15) is 0 Å². The van der Waals surface area contributed by atoms with Crippen molar-refractivity contribution < 1.29 is 91.5 Å². The van der Waals surface area contributed by atoms with E-state index in [0.717, 1.165) is 0 Å². The third-order valence-corrected chi connectivity index (χ3v) is 20.7. The number of nitrogens with zero attached hydrogens (tertiary/aromatic N) is 1. The van der Waals surface area contributed by atoms with Gasteiger partial charge in [0.2, 0.25) is 0 Å². The first-order chi connectivity index (χ1) is 28.3. The molecule has 1 heterocycles. The molecular formula is C36H80N2O19Si4. The van der Waals surface area contributed by atoms with Crippen LogP contribution in [0.5, 0.6) is 0 Å². The van der Waals surface area contributed by atoms with Crippen LogP contribution in [0.4, 0.5) is 0 Å². The first kappa shape index (κ1) is 58.6. The van der Waals surface area contributed by atoms with Crippen LogP contribution in [0.1, 0.15) is 6.42 Å². The summed E-state index contributed by atoms with van der Waals surface area (Å²) in [5.74, 6) is -1.07. The Morgan fingerprint density at radius 1 is 0.738 bits per heavy atom. The molecule has 1 amide bonds. The Morgan fingerprint density at radius 2 is 1.26 bits per heavy atom. The van der Waals surface area contributed by atoms with Crippen molar-refractivity contribution in [2.75, 3.05) is 92.8 Å². The van der Waals surface area contributed by atoms with Crippen molar-refractivity contribution in [2.45, 2.75) is 133 Å². The van der Waals surface area contributed by atoms with Crippen LogP contribution >= 0.6 is 0 Å². The Morgan fingerprint density at radius 3 is 1.75 bits per heavy atom. The lowest BCUT2D eigenvalue weighted by atomic mass is 9.98. The summed E-state index contributed by atoms with van der Waals surface area (Å²) < 4.78 is 52.6. The molecule has 1 unspecified atom stereocenters. The average Bonchev–Trinajstić information content (AvgIpc) is 3.14. The molecule has 0 aliphatic carbocycles. The summed E-state index contributed by atoms with van der Waals surface area (Å²) in [4.78, 5) is 15.1. The zero-order valence-corrected chi connectivity index (χ0v) is 41.9. The molecule has 1 saturated heterocycles. The summed E-state index contributed by atoms with van der Waals surface area (Å²) in [5.41, 5.74) is 0. The second-order valence-corrected chi connectivity index (χ2v) is 34.9. The number of hydrogen-bond donors (Lipinski definition) is 10. The van der Waals surface area contributed by atoms with E-state index in [1.54, 1.807) is 7.11 Å². The summed E-state index contributed by atoms with van der Waals surface area (Å²) >= 11 is 0. The molecule has 0 radical (unpaired) electrons. The number of carbonyl (C=O) groups is 1. The Kier molecular flexibility index (Phi) is 27.5. The van der Waals surface area contributed by atoms with E-state index >= 15 is 0 Å². The number of aliphatic hydroxyl groups is 9. The van der Waals surface area contributed by atoms with E-state index in [9.17, 15) is 50.8 Å². The molecular weight excluding hydrogens is 877 g/mol. The van der Waals surface area contributed by atoms with Crippen LogP contribution in [0.2, 0.25) is 65.0 Å². The first-order valence-corrected chi connectivity index (χ1v) is 33.1. The molecule has 1 aliphatic rings. The highest BCUT2D eigenvalue weighted by Gasteiger charge is 2.50. The van der Waals surface area contributed by atoms with Crippen molar-refractivity contribution >= 4 is 39.7 Å². The van der Waals surface area contributed by atoms with Crippen LogP contribution in [0.15, 0.2) is 0 Å². The van der Waals surface area contributed by atoms with E-state index in [2.05, 4.69) is 64.2 Å². The molecule has 1 rings (SSSR count). The molecule has 61 heavy (non-hydrogen) atoms. The van der Waals surface area contributed by atoms with E-state index in [-0.39, 0.29) is 32.8 Å². The highest BCUT2D eigenvalue weighted by Crippen LogP contribution is 2.30. The van der Waals surface area contributed by atoms with Crippen LogP contribution < -0.4 is 5.32 Å². The predicted molar refractivity (Wildman–Crippen MR) is 232 cm³/mol. The topological polar surface area (TPSA) is 297 Å². The van der Waals surface area contributed by atoms with Crippen LogP contribution in [0.25, 0.3) is 0 Å². The molecule has 21 nitrogen and oxygen atoms in total. The lowest BCUT2D eigenvalue weighted by Gasteiger charge is -2.43. The largest absolute Gasteiger partial charge is 0.469 e. The second-order valence-electron chi connectivity index (χ2n) is 18.0. The Labute approximate surface area is 365 Å². The van der Waals surface area contributed by atoms with Gasteiger partial charge in [-0.3, -0.25) is 9.69 Å². The van der Waals surface area contributed by atoms with Gasteiger partial charge in [-0.15, -0.1) is 0 Å². The van der Waals surface area contributed by atoms with Gasteiger partial charge in [-0.25, -0.2) is 0 Å². The zero-order valence-electron chi connectivity index (χ0n) is 37.9. The summed E-state index contributed by atoms with van der Waals surface area (Å²) in [5, 5.41) is 95.5. The maximum absolute atomic E-state index is 13.2. The second kappa shape index (κ2) is 28.6. The predicted octanol–water partition coefficient (Wildman–Crippen LogP) is -2.39. The highest BCUT2D eigenvalue weighted by molar-refractivity contribution is 6.90. The van der Waals surface area contributed by atoms with Gasteiger partial charge in [-0.05, 0) is 71.9 Å². The Balaban J connectivity index is 3.08. The lowest BCUT2D eigenvalue weighted by Crippen LogP contribution is -2.62. The first-order valence-electron chi connectivity index (χ1n) is 20.9. The van der Waals surface area contributed by atoms with Gasteiger partial charge >= 0.3 is 8.80 Å². The normalized spacial score (nSPS) is 23.2. The number of hydrogen-bond acceptors (Lipinski definition) is 20. The molecule has 25 heteroatoms. The van der Waals surface area contributed by atoms with Gasteiger partial charge < -0.3 is 92.0 Å². The quantitative estimate of drug-likeness (QED) is 0.0238. The Hall–Kier alpha value is -0.422. The molecule has 364 valence electrons. The van der Waals surface area contributed by atoms with Gasteiger partial charge in [0.25, 0.3) is 5.91 Å². The van der Waals surface area contributed by atoms with Crippen molar-refractivity contribution in [1.29, 1.82) is 0 Å². The molecule has 0 aromatic heterocycles. The molecule has 0 spiro atoms. The summed E-state index contributed by atoms with van der Waals surface area (Å²) in [6.45, 7) is 20.1. The minimum Gasteiger partial charge on any atom is -0.417 e. The number of nitrogens with one attached hydrogen (secondary N) is 1. The summed E-state index contributed by atoms with van der Waals surface area (Å²) in [7, 11) is -8.04. The fourth-order valence-corrected chi connectivity index (χ4v) is 20.8. The molecule has 10 N–H and O–H groups in total. The van der Waals surface area contributed by atoms with Gasteiger partial charge in [0.05, 0.1) is 65.6 Å². The summed E-state index contributed by atoms with van der Waals surface area (Å²) in [6, 6.07) is 0.516. The van der Waals surface area contributed by atoms with Crippen LogP contribution in [-0.2, 0) is 45.6 Å². The standard InChI is InChI=1S/C36H80N2O19Si4/c1-49-15-16-50-17-18-51-19-20-52-25-26(41)22-38(13-11-21-61(55-58(2,3)4,56-59(5,6)7)57-60(8,9)10)14-12-37-35(48)32(46)31(45)34(27(42)23-39)54-36-33(47)30(44)29(43)28(24-40)53-36/h26-34,36,39-47H,11-25H2,1-10H3,(H,37,48)/t26?,27-,28-,29-,30+,31-,32-,33-,34-,36+/m1/s1. The van der Waals surface area contributed by atoms with Crippen molar-refractivity contribution in [3.05, 3.63) is 0 Å². The maximum Gasteiger partial charge on any atom is 0.469 e. The monoisotopic (exact) mass is 956 g/mol. The third-order valence-electron chi connectivity index (χ3n) is 8.66. The van der Waals surface area contributed by atoms with Crippen molar-refractivity contribution in [3.63, 3.8) is 0 Å². The molecule has 1 aliphatic heterocycles. The lowest BCUT2D eigenvalue weighted by molar-refractivity contribution is -0.326. The Bertz CT molecular complexity index is 1140. The molecule has 0 aromatic rings. The van der Waals surface area contributed by atoms with Crippen LogP contribution in [0.3, 0.4) is 0 Å².